The van der Waals surface area contributed by atoms with Gasteiger partial charge in [0.05, 0.1) is 19.2 Å². The van der Waals surface area contributed by atoms with Crippen molar-refractivity contribution in [3.05, 3.63) is 89.5 Å². The maximum absolute atomic E-state index is 14.6. The van der Waals surface area contributed by atoms with Crippen LogP contribution in [0.25, 0.3) is 0 Å². The third-order valence-electron chi connectivity index (χ3n) is 7.48. The Hall–Kier alpha value is -4.47. The van der Waals surface area contributed by atoms with Crippen molar-refractivity contribution >= 4 is 23.4 Å². The van der Waals surface area contributed by atoms with Crippen LogP contribution in [0.1, 0.15) is 37.0 Å². The van der Waals surface area contributed by atoms with Crippen molar-refractivity contribution in [2.75, 3.05) is 18.6 Å². The van der Waals surface area contributed by atoms with E-state index in [1.165, 1.54) is 14.0 Å². The zero-order chi connectivity index (χ0) is 29.3. The predicted octanol–water partition coefficient (Wildman–Crippen LogP) is 4.16. The monoisotopic (exact) mass is 563 g/mol. The number of nitrogens with two attached hydrogens (primary N) is 1. The molecular formula is C31H31F2N3O5. The molecule has 3 atom stereocenters. The van der Waals surface area contributed by atoms with E-state index in [0.29, 0.717) is 35.4 Å². The van der Waals surface area contributed by atoms with Gasteiger partial charge in [0.15, 0.2) is 12.1 Å². The van der Waals surface area contributed by atoms with Crippen molar-refractivity contribution in [1.29, 1.82) is 0 Å². The summed E-state index contributed by atoms with van der Waals surface area (Å²) in [4.78, 5) is 43.9. The van der Waals surface area contributed by atoms with E-state index < -0.39 is 54.0 Å². The smallest absolute Gasteiger partial charge is 0.254 e. The molecule has 0 spiro atoms. The first-order valence-electron chi connectivity index (χ1n) is 13.4. The molecule has 1 saturated carbocycles. The summed E-state index contributed by atoms with van der Waals surface area (Å²) >= 11 is 0. The molecule has 10 heteroatoms. The Balaban J connectivity index is 1.66. The number of anilines is 1. The van der Waals surface area contributed by atoms with Gasteiger partial charge in [0.2, 0.25) is 11.8 Å². The third-order valence-corrected chi connectivity index (χ3v) is 7.48. The number of hydrogen-bond donors (Lipinski definition) is 1. The number of benzene rings is 3. The molecular weight excluding hydrogens is 532 g/mol. The fourth-order valence-electron chi connectivity index (χ4n) is 5.18. The minimum Gasteiger partial charge on any atom is -0.497 e. The highest BCUT2D eigenvalue weighted by molar-refractivity contribution is 6.03. The molecule has 8 nitrogen and oxygen atoms in total. The second-order valence-electron chi connectivity index (χ2n) is 10.5. The molecule has 41 heavy (non-hydrogen) atoms. The van der Waals surface area contributed by atoms with Crippen LogP contribution in [0.15, 0.2) is 66.7 Å². The lowest BCUT2D eigenvalue weighted by Crippen LogP contribution is -2.60. The molecule has 0 radical (unpaired) electrons. The molecule has 0 saturated heterocycles. The van der Waals surface area contributed by atoms with Gasteiger partial charge in [0.25, 0.3) is 5.91 Å². The number of halogens is 2. The Bertz CT molecular complexity index is 1440. The van der Waals surface area contributed by atoms with E-state index in [1.807, 2.05) is 6.07 Å². The lowest BCUT2D eigenvalue weighted by atomic mass is 9.96. The average molecular weight is 564 g/mol. The quantitative estimate of drug-likeness (QED) is 0.421. The molecule has 5 rings (SSSR count). The normalized spacial score (nSPS) is 19.0. The van der Waals surface area contributed by atoms with Gasteiger partial charge in [-0.25, -0.2) is 8.78 Å². The highest BCUT2D eigenvalue weighted by Crippen LogP contribution is 2.43. The minimum atomic E-state index is -1.33. The summed E-state index contributed by atoms with van der Waals surface area (Å²) in [5.74, 6) is -2.54. The number of carbonyl (C=O) groups is 3. The molecule has 2 N–H and O–H groups in total. The van der Waals surface area contributed by atoms with Gasteiger partial charge in [-0.2, -0.15) is 0 Å². The first-order valence-corrected chi connectivity index (χ1v) is 13.4. The van der Waals surface area contributed by atoms with Gasteiger partial charge in [0.1, 0.15) is 29.2 Å². The Kier molecular flexibility index (Phi) is 7.92. The summed E-state index contributed by atoms with van der Waals surface area (Å²) in [6.45, 7) is 1.80. The van der Waals surface area contributed by atoms with E-state index in [-0.39, 0.29) is 11.5 Å². The van der Waals surface area contributed by atoms with Crippen LogP contribution in [-0.4, -0.2) is 48.4 Å². The number of amides is 3. The molecule has 0 bridgehead atoms. The van der Waals surface area contributed by atoms with Gasteiger partial charge in [-0.1, -0.05) is 30.3 Å². The van der Waals surface area contributed by atoms with Gasteiger partial charge >= 0.3 is 0 Å². The van der Waals surface area contributed by atoms with Crippen molar-refractivity contribution in [2.24, 2.45) is 11.7 Å². The molecule has 3 aromatic carbocycles. The third kappa shape index (κ3) is 6.01. The van der Waals surface area contributed by atoms with E-state index in [4.69, 9.17) is 15.2 Å². The largest absolute Gasteiger partial charge is 0.497 e. The highest BCUT2D eigenvalue weighted by Gasteiger charge is 2.48. The highest BCUT2D eigenvalue weighted by atomic mass is 19.1. The molecule has 1 aliphatic carbocycles. The van der Waals surface area contributed by atoms with Gasteiger partial charge in [-0.05, 0) is 61.1 Å². The van der Waals surface area contributed by atoms with E-state index in [2.05, 4.69) is 0 Å². The maximum Gasteiger partial charge on any atom is 0.254 e. The summed E-state index contributed by atoms with van der Waals surface area (Å²) < 4.78 is 39.9. The lowest BCUT2D eigenvalue weighted by Gasteiger charge is -2.38. The van der Waals surface area contributed by atoms with Crippen LogP contribution in [0.4, 0.5) is 14.5 Å². The molecule has 3 aromatic rings. The average Bonchev–Trinajstić information content (AvgIpc) is 3.78. The van der Waals surface area contributed by atoms with Crippen LogP contribution in [0.5, 0.6) is 11.5 Å². The molecule has 1 aliphatic heterocycles. The number of ether oxygens (including phenoxy) is 2. The number of fused-ring (bicyclic) bond motifs is 1. The molecule has 1 heterocycles. The van der Waals surface area contributed by atoms with E-state index in [1.54, 1.807) is 47.4 Å². The van der Waals surface area contributed by atoms with Gasteiger partial charge in [-0.3, -0.25) is 14.4 Å². The number of hydrogen-bond acceptors (Lipinski definition) is 5. The van der Waals surface area contributed by atoms with Gasteiger partial charge in [0, 0.05) is 18.7 Å². The second kappa shape index (κ2) is 11.6. The fraction of sp³-hybridized carbons (Fsp3) is 0.323. The van der Waals surface area contributed by atoms with Crippen LogP contribution in [-0.2, 0) is 20.8 Å². The first-order chi connectivity index (χ1) is 19.7. The van der Waals surface area contributed by atoms with Crippen LogP contribution in [0.3, 0.4) is 0 Å². The molecule has 3 amide bonds. The predicted molar refractivity (Wildman–Crippen MR) is 147 cm³/mol. The number of carbonyl (C=O) groups excluding carboxylic acids is 3. The number of rotatable bonds is 9. The Morgan fingerprint density at radius 3 is 2.37 bits per heavy atom. The molecule has 214 valence electrons. The zero-order valence-corrected chi connectivity index (χ0v) is 22.8. The van der Waals surface area contributed by atoms with Crippen molar-refractivity contribution in [3.8, 4) is 11.5 Å². The minimum absolute atomic E-state index is 0.0512. The Morgan fingerprint density at radius 2 is 1.76 bits per heavy atom. The maximum atomic E-state index is 14.6. The topological polar surface area (TPSA) is 102 Å². The molecule has 0 unspecified atom stereocenters. The fourth-order valence-corrected chi connectivity index (χ4v) is 5.18. The van der Waals surface area contributed by atoms with Crippen LogP contribution in [0.2, 0.25) is 0 Å². The number of primary amides is 1. The van der Waals surface area contributed by atoms with Crippen molar-refractivity contribution in [3.63, 3.8) is 0 Å². The number of nitrogens with zero attached hydrogens (tertiary/aromatic N) is 2. The van der Waals surface area contributed by atoms with Crippen molar-refractivity contribution in [2.45, 2.75) is 44.4 Å². The van der Waals surface area contributed by atoms with Crippen LogP contribution < -0.4 is 20.1 Å². The van der Waals surface area contributed by atoms with Gasteiger partial charge in [-0.15, -0.1) is 0 Å². The summed E-state index contributed by atoms with van der Waals surface area (Å²) in [6, 6.07) is 14.2. The lowest BCUT2D eigenvalue weighted by molar-refractivity contribution is -0.148. The van der Waals surface area contributed by atoms with E-state index in [9.17, 15) is 23.2 Å². The Morgan fingerprint density at radius 1 is 1.07 bits per heavy atom. The van der Waals surface area contributed by atoms with Crippen molar-refractivity contribution < 1.29 is 32.6 Å². The Labute approximate surface area is 236 Å². The summed E-state index contributed by atoms with van der Waals surface area (Å²) in [5, 5.41) is 0. The summed E-state index contributed by atoms with van der Waals surface area (Å²) in [5.41, 5.74) is 6.83. The first kappa shape index (κ1) is 28.1. The summed E-state index contributed by atoms with van der Waals surface area (Å²) in [7, 11) is 1.52. The van der Waals surface area contributed by atoms with Crippen molar-refractivity contribution in [1.82, 2.24) is 4.90 Å². The SMILES string of the molecule is COc1ccc2c(c1)N(CC1CC1)C(=O)[C@@H](N(C(=O)Cc1cc(F)cc(F)c1)[C@@H](C)C(N)=O)[C@@H](c1ccccc1)O2. The number of methoxy groups -OCH3 is 1. The van der Waals surface area contributed by atoms with Crippen LogP contribution >= 0.6 is 0 Å². The molecule has 2 aliphatic rings. The van der Waals surface area contributed by atoms with E-state index in [0.717, 1.165) is 29.9 Å². The second-order valence-corrected chi connectivity index (χ2v) is 10.5. The molecule has 1 fully saturated rings. The summed E-state index contributed by atoms with van der Waals surface area (Å²) in [6.07, 6.45) is 0.390. The zero-order valence-electron chi connectivity index (χ0n) is 22.8. The van der Waals surface area contributed by atoms with Gasteiger partial charge < -0.3 is 25.0 Å². The molecule has 0 aromatic heterocycles. The van der Waals surface area contributed by atoms with E-state index >= 15 is 0 Å². The standard InChI is InChI=1S/C31H31F2N3O5/c1-18(30(34)38)36(27(37)14-20-12-22(32)15-23(33)13-20)28-29(21-6-4-3-5-7-21)41-26-11-10-24(40-2)16-25(26)35(31(28)39)17-19-8-9-19/h3-7,10-13,15-16,18-19,28-29H,8-9,14,17H2,1-2H3,(H2,34,38)/t18-,28-,29+/m0/s1. The van der Waals surface area contributed by atoms with Crippen LogP contribution in [0, 0.1) is 17.6 Å².